The Hall–Kier alpha value is -2.04. The molecular weight excluding hydrogens is 256 g/mol. The third kappa shape index (κ3) is 3.10. The fraction of sp³-hybridized carbons (Fsp3) is 0.467. The number of esters is 1. The second kappa shape index (κ2) is 5.53. The van der Waals surface area contributed by atoms with Crippen LogP contribution >= 0.6 is 0 Å². The van der Waals surface area contributed by atoms with Gasteiger partial charge in [0, 0.05) is 0 Å². The van der Waals surface area contributed by atoms with Crippen LogP contribution in [0.3, 0.4) is 0 Å². The van der Waals surface area contributed by atoms with Gasteiger partial charge in [0.25, 0.3) is 6.02 Å². The maximum Gasteiger partial charge on any atom is 0.312 e. The maximum atomic E-state index is 11.8. The molecule has 1 aliphatic rings. The molecule has 0 aromatic heterocycles. The first-order valence-corrected chi connectivity index (χ1v) is 6.54. The van der Waals surface area contributed by atoms with Crippen LogP contribution in [0.25, 0.3) is 0 Å². The normalized spacial score (nSPS) is 14.4. The summed E-state index contributed by atoms with van der Waals surface area (Å²) < 4.78 is 10.6. The van der Waals surface area contributed by atoms with Crippen molar-refractivity contribution in [2.75, 3.05) is 13.8 Å². The SMILES string of the molecule is COC1=Nc2ccccc2CN1COC(=O)C(C)(C)C. The van der Waals surface area contributed by atoms with Crippen molar-refractivity contribution in [3.05, 3.63) is 29.8 Å². The number of methoxy groups -OCH3 is 1. The summed E-state index contributed by atoms with van der Waals surface area (Å²) in [5.74, 6) is -0.244. The van der Waals surface area contributed by atoms with Gasteiger partial charge in [-0.25, -0.2) is 0 Å². The summed E-state index contributed by atoms with van der Waals surface area (Å²) in [5.41, 5.74) is 1.46. The van der Waals surface area contributed by atoms with E-state index in [1.165, 1.54) is 0 Å². The van der Waals surface area contributed by atoms with Gasteiger partial charge in [0.15, 0.2) is 6.73 Å². The molecule has 0 saturated heterocycles. The maximum absolute atomic E-state index is 11.8. The zero-order valence-corrected chi connectivity index (χ0v) is 12.3. The molecule has 0 saturated carbocycles. The lowest BCUT2D eigenvalue weighted by molar-refractivity contribution is -0.156. The average molecular weight is 276 g/mol. The lowest BCUT2D eigenvalue weighted by atomic mass is 9.98. The number of rotatable bonds is 2. The summed E-state index contributed by atoms with van der Waals surface area (Å²) in [7, 11) is 1.56. The molecule has 1 aliphatic heterocycles. The van der Waals surface area contributed by atoms with Gasteiger partial charge >= 0.3 is 5.97 Å². The van der Waals surface area contributed by atoms with Crippen LogP contribution in [0.4, 0.5) is 5.69 Å². The number of hydrogen-bond acceptors (Lipinski definition) is 5. The van der Waals surface area contributed by atoms with Crippen LogP contribution in [0, 0.1) is 5.41 Å². The Morgan fingerprint density at radius 3 is 2.70 bits per heavy atom. The molecule has 2 rings (SSSR count). The van der Waals surface area contributed by atoms with E-state index >= 15 is 0 Å². The third-order valence-corrected chi connectivity index (χ3v) is 2.99. The number of nitrogens with zero attached hydrogens (tertiary/aromatic N) is 2. The highest BCUT2D eigenvalue weighted by Crippen LogP contribution is 2.26. The first kappa shape index (κ1) is 14.4. The minimum Gasteiger partial charge on any atom is -0.468 e. The molecule has 1 aromatic rings. The molecule has 5 heteroatoms. The standard InChI is InChI=1S/C15H20N2O3/c1-15(2,3)13(18)20-10-17-9-11-7-5-6-8-12(11)16-14(17)19-4/h5-8H,9-10H2,1-4H3. The van der Waals surface area contributed by atoms with Gasteiger partial charge in [0.05, 0.1) is 24.8 Å². The molecule has 20 heavy (non-hydrogen) atoms. The Kier molecular flexibility index (Phi) is 3.97. The van der Waals surface area contributed by atoms with E-state index in [-0.39, 0.29) is 12.7 Å². The highest BCUT2D eigenvalue weighted by atomic mass is 16.6. The van der Waals surface area contributed by atoms with Crippen molar-refractivity contribution >= 4 is 17.7 Å². The largest absolute Gasteiger partial charge is 0.468 e. The second-order valence-corrected chi connectivity index (χ2v) is 5.74. The topological polar surface area (TPSA) is 51.1 Å². The van der Waals surface area contributed by atoms with Gasteiger partial charge in [-0.15, -0.1) is 0 Å². The van der Waals surface area contributed by atoms with Crippen LogP contribution in [0.2, 0.25) is 0 Å². The van der Waals surface area contributed by atoms with Crippen molar-refractivity contribution in [2.24, 2.45) is 10.4 Å². The van der Waals surface area contributed by atoms with Crippen LogP contribution in [0.1, 0.15) is 26.3 Å². The smallest absolute Gasteiger partial charge is 0.312 e. The van der Waals surface area contributed by atoms with E-state index in [2.05, 4.69) is 4.99 Å². The van der Waals surface area contributed by atoms with E-state index in [1.807, 2.05) is 45.0 Å². The lowest BCUT2D eigenvalue weighted by Gasteiger charge is -2.29. The summed E-state index contributed by atoms with van der Waals surface area (Å²) in [6, 6.07) is 8.30. The average Bonchev–Trinajstić information content (AvgIpc) is 2.42. The van der Waals surface area contributed by atoms with Gasteiger partial charge in [0.1, 0.15) is 0 Å². The highest BCUT2D eigenvalue weighted by molar-refractivity contribution is 5.80. The van der Waals surface area contributed by atoms with Crippen LogP contribution < -0.4 is 0 Å². The third-order valence-electron chi connectivity index (χ3n) is 2.99. The van der Waals surface area contributed by atoms with Crippen molar-refractivity contribution in [3.63, 3.8) is 0 Å². The van der Waals surface area contributed by atoms with Crippen molar-refractivity contribution in [1.82, 2.24) is 4.90 Å². The molecule has 5 nitrogen and oxygen atoms in total. The molecule has 0 atom stereocenters. The van der Waals surface area contributed by atoms with Gasteiger partial charge in [-0.1, -0.05) is 18.2 Å². The molecular formula is C15H20N2O3. The van der Waals surface area contributed by atoms with Crippen LogP contribution in [0.15, 0.2) is 29.3 Å². The Morgan fingerprint density at radius 1 is 1.35 bits per heavy atom. The molecule has 0 radical (unpaired) electrons. The number of carbonyl (C=O) groups is 1. The molecule has 1 heterocycles. The van der Waals surface area contributed by atoms with Crippen molar-refractivity contribution < 1.29 is 14.3 Å². The van der Waals surface area contributed by atoms with Crippen LogP contribution in [0.5, 0.6) is 0 Å². The number of aliphatic imine (C=N–C) groups is 1. The number of hydrogen-bond donors (Lipinski definition) is 0. The number of para-hydroxylation sites is 1. The predicted octanol–water partition coefficient (Wildman–Crippen LogP) is 2.68. The van der Waals surface area contributed by atoms with Gasteiger partial charge in [0.2, 0.25) is 0 Å². The Labute approximate surface area is 119 Å². The van der Waals surface area contributed by atoms with E-state index in [9.17, 15) is 4.79 Å². The molecule has 0 fully saturated rings. The number of amidine groups is 1. The zero-order valence-electron chi connectivity index (χ0n) is 12.3. The lowest BCUT2D eigenvalue weighted by Crippen LogP contribution is -2.38. The summed E-state index contributed by atoms with van der Waals surface area (Å²) in [6.45, 7) is 6.22. The summed E-state index contributed by atoms with van der Waals surface area (Å²) in [6.07, 6.45) is 0. The second-order valence-electron chi connectivity index (χ2n) is 5.74. The first-order valence-electron chi connectivity index (χ1n) is 6.54. The van der Waals surface area contributed by atoms with Gasteiger partial charge in [-0.05, 0) is 32.4 Å². The molecule has 0 unspecified atom stereocenters. The summed E-state index contributed by atoms with van der Waals surface area (Å²) >= 11 is 0. The summed E-state index contributed by atoms with van der Waals surface area (Å²) in [5, 5.41) is 0. The minimum atomic E-state index is -0.516. The quantitative estimate of drug-likeness (QED) is 0.779. The van der Waals surface area contributed by atoms with E-state index in [1.54, 1.807) is 12.0 Å². The molecule has 0 N–H and O–H groups in total. The monoisotopic (exact) mass is 276 g/mol. The number of benzene rings is 1. The number of ether oxygens (including phenoxy) is 2. The summed E-state index contributed by atoms with van der Waals surface area (Å²) in [4.78, 5) is 18.0. The van der Waals surface area contributed by atoms with Crippen molar-refractivity contribution in [3.8, 4) is 0 Å². The zero-order chi connectivity index (χ0) is 14.8. The first-order chi connectivity index (χ1) is 9.41. The Bertz CT molecular complexity index is 532. The van der Waals surface area contributed by atoms with E-state index < -0.39 is 5.41 Å². The predicted molar refractivity (Wildman–Crippen MR) is 76.5 cm³/mol. The molecule has 0 spiro atoms. The highest BCUT2D eigenvalue weighted by Gasteiger charge is 2.26. The Balaban J connectivity index is 2.09. The molecule has 0 aliphatic carbocycles. The minimum absolute atomic E-state index is 0.136. The Morgan fingerprint density at radius 2 is 2.05 bits per heavy atom. The van der Waals surface area contributed by atoms with Crippen LogP contribution in [-0.4, -0.2) is 30.7 Å². The van der Waals surface area contributed by atoms with E-state index in [0.717, 1.165) is 11.3 Å². The van der Waals surface area contributed by atoms with Gasteiger partial charge in [-0.2, -0.15) is 4.99 Å². The van der Waals surface area contributed by atoms with Gasteiger partial charge < -0.3 is 9.47 Å². The number of fused-ring (bicyclic) bond motifs is 1. The van der Waals surface area contributed by atoms with Crippen molar-refractivity contribution in [2.45, 2.75) is 27.3 Å². The van der Waals surface area contributed by atoms with Crippen LogP contribution in [-0.2, 0) is 20.8 Å². The fourth-order valence-corrected chi connectivity index (χ4v) is 1.83. The van der Waals surface area contributed by atoms with Gasteiger partial charge in [-0.3, -0.25) is 9.69 Å². The van der Waals surface area contributed by atoms with E-state index in [0.29, 0.717) is 12.6 Å². The molecule has 0 amide bonds. The number of carbonyl (C=O) groups excluding carboxylic acids is 1. The molecule has 1 aromatic carbocycles. The molecule has 108 valence electrons. The fourth-order valence-electron chi connectivity index (χ4n) is 1.83. The van der Waals surface area contributed by atoms with Crippen molar-refractivity contribution in [1.29, 1.82) is 0 Å². The van der Waals surface area contributed by atoms with E-state index in [4.69, 9.17) is 9.47 Å². The molecule has 0 bridgehead atoms.